The number of ether oxygens (including phenoxy) is 1. The monoisotopic (exact) mass is 360 g/mol. The summed E-state index contributed by atoms with van der Waals surface area (Å²) < 4.78 is 20.7. The minimum absolute atomic E-state index is 0.0268. The standard InChI is InChI=1S/C12H7BrClFN2OS/c13-6-10-11(16-12-17(10)3-4-19-12)18-7-1-2-9(15)8(14)5-7/h1-5H,6H2. The number of halogens is 3. The molecule has 0 radical (unpaired) electrons. The zero-order valence-corrected chi connectivity index (χ0v) is 12.6. The molecular weight excluding hydrogens is 355 g/mol. The second-order valence-electron chi connectivity index (χ2n) is 3.73. The van der Waals surface area contributed by atoms with Crippen LogP contribution in [-0.2, 0) is 5.33 Å². The van der Waals surface area contributed by atoms with Gasteiger partial charge in [0.1, 0.15) is 11.6 Å². The number of hydrogen-bond acceptors (Lipinski definition) is 3. The lowest BCUT2D eigenvalue weighted by Crippen LogP contribution is -1.91. The first-order chi connectivity index (χ1) is 9.19. The molecule has 1 aromatic carbocycles. The van der Waals surface area contributed by atoms with E-state index in [1.54, 1.807) is 0 Å². The van der Waals surface area contributed by atoms with Crippen molar-refractivity contribution in [1.29, 1.82) is 0 Å². The lowest BCUT2D eigenvalue weighted by molar-refractivity contribution is 0.460. The molecule has 0 spiro atoms. The molecule has 0 aliphatic rings. The number of benzene rings is 1. The number of nitrogens with zero attached hydrogens (tertiary/aromatic N) is 2. The third-order valence-corrected chi connectivity index (χ3v) is 4.13. The third-order valence-electron chi connectivity index (χ3n) is 2.56. The van der Waals surface area contributed by atoms with Crippen molar-refractivity contribution in [3.63, 3.8) is 0 Å². The van der Waals surface area contributed by atoms with Crippen LogP contribution in [0.1, 0.15) is 5.69 Å². The van der Waals surface area contributed by atoms with Crippen molar-refractivity contribution in [1.82, 2.24) is 9.38 Å². The number of thiazole rings is 1. The average Bonchev–Trinajstić information content (AvgIpc) is 2.94. The van der Waals surface area contributed by atoms with Crippen molar-refractivity contribution < 1.29 is 9.13 Å². The van der Waals surface area contributed by atoms with Crippen molar-refractivity contribution in [2.24, 2.45) is 0 Å². The van der Waals surface area contributed by atoms with Gasteiger partial charge in [0.05, 0.1) is 10.7 Å². The van der Waals surface area contributed by atoms with Crippen LogP contribution < -0.4 is 4.74 Å². The first kappa shape index (κ1) is 12.9. The van der Waals surface area contributed by atoms with Gasteiger partial charge in [0, 0.05) is 23.0 Å². The van der Waals surface area contributed by atoms with E-state index in [0.29, 0.717) is 17.0 Å². The van der Waals surface area contributed by atoms with E-state index in [-0.39, 0.29) is 5.02 Å². The molecule has 19 heavy (non-hydrogen) atoms. The Kier molecular flexibility index (Phi) is 3.47. The minimum atomic E-state index is -0.472. The van der Waals surface area contributed by atoms with Crippen LogP contribution >= 0.6 is 38.9 Å². The first-order valence-corrected chi connectivity index (χ1v) is 7.70. The Morgan fingerprint density at radius 3 is 3.05 bits per heavy atom. The van der Waals surface area contributed by atoms with Gasteiger partial charge in [-0.15, -0.1) is 11.3 Å². The van der Waals surface area contributed by atoms with Crippen LogP contribution in [0.4, 0.5) is 4.39 Å². The largest absolute Gasteiger partial charge is 0.437 e. The second kappa shape index (κ2) is 5.11. The van der Waals surface area contributed by atoms with Gasteiger partial charge in [-0.3, -0.25) is 4.40 Å². The smallest absolute Gasteiger partial charge is 0.243 e. The van der Waals surface area contributed by atoms with E-state index in [0.717, 1.165) is 10.7 Å². The van der Waals surface area contributed by atoms with E-state index in [1.165, 1.54) is 29.5 Å². The molecule has 98 valence electrons. The molecule has 0 N–H and O–H groups in total. The highest BCUT2D eigenvalue weighted by molar-refractivity contribution is 9.08. The molecule has 0 atom stereocenters. The summed E-state index contributed by atoms with van der Waals surface area (Å²) in [6.45, 7) is 0. The number of alkyl halides is 1. The van der Waals surface area contributed by atoms with Crippen LogP contribution in [0.5, 0.6) is 11.6 Å². The summed E-state index contributed by atoms with van der Waals surface area (Å²) in [4.78, 5) is 5.23. The Hall–Kier alpha value is -1.11. The maximum absolute atomic E-state index is 13.1. The maximum atomic E-state index is 13.1. The maximum Gasteiger partial charge on any atom is 0.243 e. The van der Waals surface area contributed by atoms with E-state index < -0.39 is 5.82 Å². The molecule has 2 aromatic heterocycles. The molecule has 0 unspecified atom stereocenters. The Morgan fingerprint density at radius 2 is 2.32 bits per heavy atom. The van der Waals surface area contributed by atoms with Crippen LogP contribution in [0.25, 0.3) is 4.96 Å². The summed E-state index contributed by atoms with van der Waals surface area (Å²) in [5.41, 5.74) is 0.900. The zero-order valence-electron chi connectivity index (χ0n) is 9.44. The molecule has 7 heteroatoms. The van der Waals surface area contributed by atoms with E-state index in [9.17, 15) is 4.39 Å². The third kappa shape index (κ3) is 2.35. The van der Waals surface area contributed by atoms with Crippen LogP contribution in [-0.4, -0.2) is 9.38 Å². The SMILES string of the molecule is Fc1ccc(Oc2nc3sccn3c2CBr)cc1Cl. The number of aromatic nitrogens is 2. The molecule has 0 amide bonds. The van der Waals surface area contributed by atoms with Crippen LogP contribution in [0.2, 0.25) is 5.02 Å². The molecule has 3 rings (SSSR count). The summed E-state index contributed by atoms with van der Waals surface area (Å²) in [5, 5.41) is 2.58. The number of imidazole rings is 1. The fraction of sp³-hybridized carbons (Fsp3) is 0.0833. The Bertz CT molecular complexity index is 742. The van der Waals surface area contributed by atoms with E-state index in [2.05, 4.69) is 20.9 Å². The lowest BCUT2D eigenvalue weighted by atomic mass is 10.3. The lowest BCUT2D eigenvalue weighted by Gasteiger charge is -2.05. The predicted molar refractivity (Wildman–Crippen MR) is 77.2 cm³/mol. The highest BCUT2D eigenvalue weighted by Crippen LogP contribution is 2.31. The summed E-state index contributed by atoms with van der Waals surface area (Å²) >= 11 is 10.7. The van der Waals surface area contributed by atoms with Crippen LogP contribution in [0, 0.1) is 5.82 Å². The van der Waals surface area contributed by atoms with E-state index in [1.807, 2.05) is 16.0 Å². The van der Waals surface area contributed by atoms with Gasteiger partial charge in [-0.25, -0.2) is 4.39 Å². The molecule has 0 bridgehead atoms. The highest BCUT2D eigenvalue weighted by atomic mass is 79.9. The fourth-order valence-electron chi connectivity index (χ4n) is 1.67. The first-order valence-electron chi connectivity index (χ1n) is 5.32. The molecule has 0 fully saturated rings. The number of hydrogen-bond donors (Lipinski definition) is 0. The summed E-state index contributed by atoms with van der Waals surface area (Å²) in [6.07, 6.45) is 1.92. The van der Waals surface area contributed by atoms with E-state index in [4.69, 9.17) is 16.3 Å². The van der Waals surface area contributed by atoms with Crippen LogP contribution in [0.3, 0.4) is 0 Å². The highest BCUT2D eigenvalue weighted by Gasteiger charge is 2.14. The van der Waals surface area contributed by atoms with Gasteiger partial charge in [0.2, 0.25) is 5.88 Å². The minimum Gasteiger partial charge on any atom is -0.437 e. The summed E-state index contributed by atoms with van der Waals surface area (Å²) in [7, 11) is 0. The van der Waals surface area contributed by atoms with Crippen molar-refractivity contribution >= 4 is 43.8 Å². The molecule has 2 heterocycles. The van der Waals surface area contributed by atoms with Gasteiger partial charge < -0.3 is 4.74 Å². The molecule has 3 nitrogen and oxygen atoms in total. The molecular formula is C12H7BrClFN2OS. The summed E-state index contributed by atoms with van der Waals surface area (Å²) in [5.74, 6) is 0.478. The molecule has 3 aromatic rings. The molecule has 0 saturated carbocycles. The fourth-order valence-corrected chi connectivity index (χ4v) is 3.07. The quantitative estimate of drug-likeness (QED) is 0.622. The van der Waals surface area contributed by atoms with Gasteiger partial charge in [0.15, 0.2) is 4.96 Å². The van der Waals surface area contributed by atoms with Crippen molar-refractivity contribution in [3.8, 4) is 11.6 Å². The van der Waals surface area contributed by atoms with E-state index >= 15 is 0 Å². The van der Waals surface area contributed by atoms with Crippen molar-refractivity contribution in [3.05, 3.63) is 46.3 Å². The Morgan fingerprint density at radius 1 is 1.47 bits per heavy atom. The summed E-state index contributed by atoms with van der Waals surface area (Å²) in [6, 6.07) is 4.22. The van der Waals surface area contributed by atoms with Gasteiger partial charge in [-0.1, -0.05) is 27.5 Å². The normalized spacial score (nSPS) is 11.1. The number of fused-ring (bicyclic) bond motifs is 1. The van der Waals surface area contributed by atoms with Crippen LogP contribution in [0.15, 0.2) is 29.8 Å². The Labute approximate surface area is 125 Å². The Balaban J connectivity index is 2.00. The molecule has 0 aliphatic heterocycles. The van der Waals surface area contributed by atoms with Crippen molar-refractivity contribution in [2.75, 3.05) is 0 Å². The second-order valence-corrected chi connectivity index (χ2v) is 5.57. The molecule has 0 aliphatic carbocycles. The zero-order chi connectivity index (χ0) is 13.4. The predicted octanol–water partition coefficient (Wildman–Crippen LogP) is 4.88. The van der Waals surface area contributed by atoms with Crippen molar-refractivity contribution in [2.45, 2.75) is 5.33 Å². The van der Waals surface area contributed by atoms with Gasteiger partial charge in [0.25, 0.3) is 0 Å². The molecule has 0 saturated heterocycles. The topological polar surface area (TPSA) is 26.5 Å². The van der Waals surface area contributed by atoms with Gasteiger partial charge in [-0.05, 0) is 12.1 Å². The number of rotatable bonds is 3. The van der Waals surface area contributed by atoms with Gasteiger partial charge >= 0.3 is 0 Å². The van der Waals surface area contributed by atoms with Gasteiger partial charge in [-0.2, -0.15) is 4.98 Å². The average molecular weight is 362 g/mol.